The summed E-state index contributed by atoms with van der Waals surface area (Å²) in [5.41, 5.74) is 1.39. The molecule has 0 aliphatic rings. The first kappa shape index (κ1) is 15.0. The summed E-state index contributed by atoms with van der Waals surface area (Å²) in [7, 11) is 1.32. The van der Waals surface area contributed by atoms with E-state index in [2.05, 4.69) is 17.4 Å². The van der Waals surface area contributed by atoms with Crippen LogP contribution in [0.15, 0.2) is 24.3 Å². The van der Waals surface area contributed by atoms with Crippen LogP contribution < -0.4 is 0 Å². The topological polar surface area (TPSA) is 26.3 Å². The van der Waals surface area contributed by atoms with E-state index >= 15 is 0 Å². The number of hydrogen-bond donors (Lipinski definition) is 1. The number of thiol groups is 1. The number of rotatable bonds is 6. The van der Waals surface area contributed by atoms with Gasteiger partial charge >= 0.3 is 5.97 Å². The second-order valence-corrected chi connectivity index (χ2v) is 4.37. The Kier molecular flexibility index (Phi) is 5.59. The van der Waals surface area contributed by atoms with Crippen molar-refractivity contribution in [1.82, 2.24) is 0 Å². The van der Waals surface area contributed by atoms with Crippen LogP contribution in [0.25, 0.3) is 0 Å². The Morgan fingerprint density at radius 2 is 1.94 bits per heavy atom. The van der Waals surface area contributed by atoms with E-state index in [-0.39, 0.29) is 6.42 Å². The Morgan fingerprint density at radius 3 is 2.44 bits per heavy atom. The highest BCUT2D eigenvalue weighted by Crippen LogP contribution is 2.22. The van der Waals surface area contributed by atoms with Crippen LogP contribution in [0.4, 0.5) is 8.78 Å². The molecule has 0 fully saturated rings. The molecule has 0 amide bonds. The lowest BCUT2D eigenvalue weighted by Gasteiger charge is -2.12. The fraction of sp³-hybridized carbons (Fsp3) is 0.462. The molecule has 0 spiro atoms. The molecule has 0 heterocycles. The predicted octanol–water partition coefficient (Wildman–Crippen LogP) is 3.36. The maximum Gasteiger partial charge on any atom is 0.337 e. The van der Waals surface area contributed by atoms with Gasteiger partial charge in [-0.3, -0.25) is 0 Å². The lowest BCUT2D eigenvalue weighted by atomic mass is 10.0. The standard InChI is InChI=1S/C13H16F2O2S/c1-17-12(16)11-6-4-10(5-7-11)3-2-8-13(14,15)9-18/h4-7,18H,2-3,8-9H2,1H3. The van der Waals surface area contributed by atoms with Gasteiger partial charge in [-0.15, -0.1) is 0 Å². The number of aryl methyl sites for hydroxylation is 1. The maximum atomic E-state index is 12.9. The van der Waals surface area contributed by atoms with Gasteiger partial charge in [-0.1, -0.05) is 12.1 Å². The maximum absolute atomic E-state index is 12.9. The molecule has 0 aromatic heterocycles. The summed E-state index contributed by atoms with van der Waals surface area (Å²) in [6.07, 6.45) is 0.783. The Bertz CT molecular complexity index is 390. The molecule has 0 N–H and O–H groups in total. The summed E-state index contributed by atoms with van der Waals surface area (Å²) in [5.74, 6) is -3.52. The van der Waals surface area contributed by atoms with Crippen molar-refractivity contribution < 1.29 is 18.3 Å². The number of esters is 1. The van der Waals surface area contributed by atoms with Crippen LogP contribution >= 0.6 is 12.6 Å². The third-order valence-corrected chi connectivity index (χ3v) is 3.08. The SMILES string of the molecule is COC(=O)c1ccc(CCCC(F)(F)CS)cc1. The second kappa shape index (κ2) is 6.73. The lowest BCUT2D eigenvalue weighted by Crippen LogP contribution is -2.17. The minimum atomic E-state index is -2.70. The van der Waals surface area contributed by atoms with Crippen LogP contribution in [0.5, 0.6) is 0 Å². The largest absolute Gasteiger partial charge is 0.465 e. The van der Waals surface area contributed by atoms with Gasteiger partial charge < -0.3 is 4.74 Å². The number of benzene rings is 1. The first-order valence-corrected chi connectivity index (χ1v) is 6.28. The molecule has 100 valence electrons. The van der Waals surface area contributed by atoms with Crippen LogP contribution in [0.2, 0.25) is 0 Å². The van der Waals surface area contributed by atoms with Crippen LogP contribution in [0, 0.1) is 0 Å². The quantitative estimate of drug-likeness (QED) is 0.636. The molecule has 1 aromatic rings. The zero-order chi connectivity index (χ0) is 13.6. The first-order valence-electron chi connectivity index (χ1n) is 5.64. The fourth-order valence-corrected chi connectivity index (χ4v) is 1.71. The summed E-state index contributed by atoms with van der Waals surface area (Å²) in [4.78, 5) is 11.2. The zero-order valence-corrected chi connectivity index (χ0v) is 11.1. The molecule has 0 bridgehead atoms. The molecule has 0 aliphatic carbocycles. The third-order valence-electron chi connectivity index (χ3n) is 2.61. The van der Waals surface area contributed by atoms with E-state index in [4.69, 9.17) is 0 Å². The molecule has 1 rings (SSSR count). The lowest BCUT2D eigenvalue weighted by molar-refractivity contribution is 0.0168. The van der Waals surface area contributed by atoms with Crippen LogP contribution in [-0.2, 0) is 11.2 Å². The molecule has 2 nitrogen and oxygen atoms in total. The van der Waals surface area contributed by atoms with Gasteiger partial charge in [0.25, 0.3) is 5.92 Å². The zero-order valence-electron chi connectivity index (χ0n) is 10.2. The van der Waals surface area contributed by atoms with E-state index in [1.165, 1.54) is 7.11 Å². The smallest absolute Gasteiger partial charge is 0.337 e. The fourth-order valence-electron chi connectivity index (χ4n) is 1.56. The monoisotopic (exact) mass is 274 g/mol. The van der Waals surface area contributed by atoms with Gasteiger partial charge in [-0.25, -0.2) is 13.6 Å². The Hall–Kier alpha value is -1.10. The number of alkyl halides is 2. The van der Waals surface area contributed by atoms with Crippen molar-refractivity contribution in [2.75, 3.05) is 12.9 Å². The van der Waals surface area contributed by atoms with Gasteiger partial charge in [0.1, 0.15) is 0 Å². The minimum Gasteiger partial charge on any atom is -0.465 e. The molecule has 0 saturated carbocycles. The molecule has 5 heteroatoms. The summed E-state index contributed by atoms with van der Waals surface area (Å²) < 4.78 is 30.4. The molecule has 0 aliphatic heterocycles. The summed E-state index contributed by atoms with van der Waals surface area (Å²) in [5, 5.41) is 0. The van der Waals surface area contributed by atoms with Crippen molar-refractivity contribution in [2.45, 2.75) is 25.2 Å². The van der Waals surface area contributed by atoms with Crippen molar-refractivity contribution in [3.05, 3.63) is 35.4 Å². The predicted molar refractivity (Wildman–Crippen MR) is 69.5 cm³/mol. The van der Waals surface area contributed by atoms with Crippen molar-refractivity contribution in [2.24, 2.45) is 0 Å². The van der Waals surface area contributed by atoms with Gasteiger partial charge in [0.2, 0.25) is 0 Å². The molecule has 0 unspecified atom stereocenters. The number of carbonyl (C=O) groups excluding carboxylic acids is 1. The Labute approximate surface area is 111 Å². The normalized spacial score (nSPS) is 11.3. The Balaban J connectivity index is 2.47. The highest BCUT2D eigenvalue weighted by Gasteiger charge is 2.25. The van der Waals surface area contributed by atoms with E-state index in [0.717, 1.165) is 5.56 Å². The van der Waals surface area contributed by atoms with Gasteiger partial charge in [-0.2, -0.15) is 12.6 Å². The first-order chi connectivity index (χ1) is 8.48. The van der Waals surface area contributed by atoms with Gasteiger partial charge in [0, 0.05) is 6.42 Å². The summed E-state index contributed by atoms with van der Waals surface area (Å²) in [6.45, 7) is 0. The van der Waals surface area contributed by atoms with Gasteiger partial charge in [0.15, 0.2) is 0 Å². The average Bonchev–Trinajstić information content (AvgIpc) is 2.38. The minimum absolute atomic E-state index is 0.171. The van der Waals surface area contributed by atoms with E-state index in [1.54, 1.807) is 24.3 Å². The van der Waals surface area contributed by atoms with E-state index in [1.807, 2.05) is 0 Å². The van der Waals surface area contributed by atoms with Crippen molar-refractivity contribution in [3.63, 3.8) is 0 Å². The van der Waals surface area contributed by atoms with Crippen LogP contribution in [-0.4, -0.2) is 24.8 Å². The average molecular weight is 274 g/mol. The Morgan fingerprint density at radius 1 is 1.33 bits per heavy atom. The highest BCUT2D eigenvalue weighted by atomic mass is 32.1. The summed E-state index contributed by atoms with van der Waals surface area (Å²) >= 11 is 3.61. The van der Waals surface area contributed by atoms with E-state index in [0.29, 0.717) is 18.4 Å². The molecule has 18 heavy (non-hydrogen) atoms. The number of carbonyl (C=O) groups is 1. The highest BCUT2D eigenvalue weighted by molar-refractivity contribution is 7.80. The molecule has 0 radical (unpaired) electrons. The van der Waals surface area contributed by atoms with Crippen molar-refractivity contribution in [3.8, 4) is 0 Å². The molecule has 0 atom stereocenters. The molecular formula is C13H16F2O2S. The second-order valence-electron chi connectivity index (χ2n) is 4.06. The molecule has 1 aromatic carbocycles. The number of halogens is 2. The van der Waals surface area contributed by atoms with Crippen LogP contribution in [0.3, 0.4) is 0 Å². The van der Waals surface area contributed by atoms with Gasteiger partial charge in [-0.05, 0) is 30.5 Å². The van der Waals surface area contributed by atoms with Crippen molar-refractivity contribution in [1.29, 1.82) is 0 Å². The number of hydrogen-bond acceptors (Lipinski definition) is 3. The number of methoxy groups -OCH3 is 1. The third kappa shape index (κ3) is 4.64. The van der Waals surface area contributed by atoms with Crippen molar-refractivity contribution >= 4 is 18.6 Å². The molecular weight excluding hydrogens is 258 g/mol. The van der Waals surface area contributed by atoms with Crippen LogP contribution in [0.1, 0.15) is 28.8 Å². The van der Waals surface area contributed by atoms with Gasteiger partial charge in [0.05, 0.1) is 18.4 Å². The van der Waals surface area contributed by atoms with E-state index < -0.39 is 17.6 Å². The molecule has 0 saturated heterocycles. The van der Waals surface area contributed by atoms with E-state index in [9.17, 15) is 13.6 Å². The summed E-state index contributed by atoms with van der Waals surface area (Å²) in [6, 6.07) is 6.78. The number of ether oxygens (including phenoxy) is 1.